The Balaban J connectivity index is 1.70. The Kier molecular flexibility index (Phi) is 8.65. The standard InChI is InChI=1S/C23H24ClN5O2S/c1-3-4-5-6-7-8-9-17-12-19(15-25-14-17)22-26-27-23(28(22)2)32-16-18-10-11-20(24)13-21(18)29(30)31/h10-15H,3-7,16H2,1-2H3. The molecule has 0 bridgehead atoms. The van der Waals surface area contributed by atoms with E-state index in [1.807, 2.05) is 17.7 Å². The average Bonchev–Trinajstić information content (AvgIpc) is 3.15. The number of nitro groups is 1. The van der Waals surface area contributed by atoms with Gasteiger partial charge in [-0.3, -0.25) is 15.1 Å². The van der Waals surface area contributed by atoms with Gasteiger partial charge in [0.15, 0.2) is 11.0 Å². The molecule has 32 heavy (non-hydrogen) atoms. The van der Waals surface area contributed by atoms with Gasteiger partial charge in [0.25, 0.3) is 5.69 Å². The zero-order chi connectivity index (χ0) is 22.9. The third-order valence-corrected chi connectivity index (χ3v) is 6.12. The van der Waals surface area contributed by atoms with Gasteiger partial charge in [0.05, 0.1) is 4.92 Å². The van der Waals surface area contributed by atoms with Gasteiger partial charge < -0.3 is 4.57 Å². The van der Waals surface area contributed by atoms with Crippen LogP contribution in [-0.2, 0) is 12.8 Å². The second kappa shape index (κ2) is 11.7. The van der Waals surface area contributed by atoms with Crippen LogP contribution in [0.25, 0.3) is 11.4 Å². The maximum absolute atomic E-state index is 11.3. The number of thioether (sulfide) groups is 1. The van der Waals surface area contributed by atoms with Crippen LogP contribution >= 0.6 is 23.4 Å². The molecular weight excluding hydrogens is 446 g/mol. The highest BCUT2D eigenvalue weighted by atomic mass is 35.5. The smallest absolute Gasteiger partial charge is 0.274 e. The number of unbranched alkanes of at least 4 members (excludes halogenated alkanes) is 4. The van der Waals surface area contributed by atoms with Crippen molar-refractivity contribution in [2.45, 2.75) is 49.9 Å². The first-order valence-electron chi connectivity index (χ1n) is 10.4. The molecule has 1 aromatic carbocycles. The van der Waals surface area contributed by atoms with E-state index in [0.717, 1.165) is 24.0 Å². The normalized spacial score (nSPS) is 10.6. The molecule has 0 N–H and O–H groups in total. The fraction of sp³-hybridized carbons (Fsp3) is 0.348. The molecule has 0 atom stereocenters. The van der Waals surface area contributed by atoms with E-state index in [-0.39, 0.29) is 5.69 Å². The second-order valence-electron chi connectivity index (χ2n) is 7.26. The average molecular weight is 470 g/mol. The Morgan fingerprint density at radius 1 is 1.19 bits per heavy atom. The summed E-state index contributed by atoms with van der Waals surface area (Å²) in [5.41, 5.74) is 2.23. The van der Waals surface area contributed by atoms with E-state index in [1.165, 1.54) is 37.1 Å². The van der Waals surface area contributed by atoms with E-state index in [9.17, 15) is 10.1 Å². The summed E-state index contributed by atoms with van der Waals surface area (Å²) >= 11 is 7.27. The summed E-state index contributed by atoms with van der Waals surface area (Å²) in [4.78, 5) is 15.2. The molecule has 166 valence electrons. The molecule has 7 nitrogen and oxygen atoms in total. The predicted octanol–water partition coefficient (Wildman–Crippen LogP) is 6.05. The maximum Gasteiger partial charge on any atom is 0.274 e. The summed E-state index contributed by atoms with van der Waals surface area (Å²) in [6, 6.07) is 6.63. The van der Waals surface area contributed by atoms with Crippen LogP contribution in [0.3, 0.4) is 0 Å². The number of aromatic nitrogens is 4. The molecule has 9 heteroatoms. The second-order valence-corrected chi connectivity index (χ2v) is 8.64. The minimum absolute atomic E-state index is 0.00226. The minimum Gasteiger partial charge on any atom is -0.305 e. The lowest BCUT2D eigenvalue weighted by molar-refractivity contribution is -0.385. The Labute approximate surface area is 196 Å². The van der Waals surface area contributed by atoms with Crippen LogP contribution in [0.2, 0.25) is 5.02 Å². The van der Waals surface area contributed by atoms with Crippen molar-refractivity contribution in [1.29, 1.82) is 0 Å². The number of hydrogen-bond acceptors (Lipinski definition) is 6. The fourth-order valence-corrected chi connectivity index (χ4v) is 4.17. The Bertz CT molecular complexity index is 1150. The minimum atomic E-state index is -0.425. The van der Waals surface area contributed by atoms with Crippen LogP contribution < -0.4 is 0 Å². The number of benzene rings is 1. The first-order valence-corrected chi connectivity index (χ1v) is 11.7. The molecule has 0 saturated heterocycles. The molecule has 0 unspecified atom stereocenters. The highest BCUT2D eigenvalue weighted by molar-refractivity contribution is 7.98. The third-order valence-electron chi connectivity index (χ3n) is 4.82. The number of nitrogens with zero attached hydrogens (tertiary/aromatic N) is 5. The van der Waals surface area contributed by atoms with E-state index < -0.39 is 4.92 Å². The van der Waals surface area contributed by atoms with Crippen molar-refractivity contribution in [1.82, 2.24) is 19.7 Å². The van der Waals surface area contributed by atoms with Crippen molar-refractivity contribution in [3.05, 3.63) is 62.9 Å². The van der Waals surface area contributed by atoms with Crippen molar-refractivity contribution >= 4 is 29.1 Å². The van der Waals surface area contributed by atoms with E-state index >= 15 is 0 Å². The molecule has 0 fully saturated rings. The first-order chi connectivity index (χ1) is 15.5. The number of hydrogen-bond donors (Lipinski definition) is 0. The van der Waals surface area contributed by atoms with Gasteiger partial charge in [0.1, 0.15) is 0 Å². The Hall–Kier alpha value is -2.89. The number of rotatable bonds is 9. The molecule has 0 aliphatic heterocycles. The van der Waals surface area contributed by atoms with Crippen molar-refractivity contribution < 1.29 is 4.92 Å². The maximum atomic E-state index is 11.3. The van der Waals surface area contributed by atoms with Crippen LogP contribution in [0.1, 0.15) is 50.2 Å². The van der Waals surface area contributed by atoms with Crippen molar-refractivity contribution in [2.75, 3.05) is 0 Å². The van der Waals surface area contributed by atoms with Crippen LogP contribution in [0.4, 0.5) is 5.69 Å². The summed E-state index contributed by atoms with van der Waals surface area (Å²) in [5.74, 6) is 7.43. The summed E-state index contributed by atoms with van der Waals surface area (Å²) in [6.07, 6.45) is 9.14. The Morgan fingerprint density at radius 3 is 2.81 bits per heavy atom. The quantitative estimate of drug-likeness (QED) is 0.124. The van der Waals surface area contributed by atoms with E-state index in [4.69, 9.17) is 11.6 Å². The molecule has 3 rings (SSSR count). The zero-order valence-electron chi connectivity index (χ0n) is 18.0. The van der Waals surface area contributed by atoms with E-state index in [2.05, 4.69) is 33.9 Å². The van der Waals surface area contributed by atoms with Gasteiger partial charge in [0.2, 0.25) is 0 Å². The van der Waals surface area contributed by atoms with Gasteiger partial charge in [-0.25, -0.2) is 0 Å². The van der Waals surface area contributed by atoms with Gasteiger partial charge in [-0.2, -0.15) is 0 Å². The molecule has 0 spiro atoms. The SMILES string of the molecule is CCCCCCC#Cc1cncc(-c2nnc(SCc3ccc(Cl)cc3[N+](=O)[O-])n2C)c1. The van der Waals surface area contributed by atoms with Crippen molar-refractivity contribution in [3.63, 3.8) is 0 Å². The van der Waals surface area contributed by atoms with E-state index in [1.54, 1.807) is 24.5 Å². The van der Waals surface area contributed by atoms with Crippen molar-refractivity contribution in [3.8, 4) is 23.2 Å². The monoisotopic (exact) mass is 469 g/mol. The molecule has 0 aliphatic rings. The van der Waals surface area contributed by atoms with Crippen LogP contribution in [0.15, 0.2) is 41.8 Å². The summed E-state index contributed by atoms with van der Waals surface area (Å²) in [5, 5.41) is 20.8. The lowest BCUT2D eigenvalue weighted by Gasteiger charge is -2.05. The summed E-state index contributed by atoms with van der Waals surface area (Å²) < 4.78 is 1.85. The van der Waals surface area contributed by atoms with Gasteiger partial charge in [-0.05, 0) is 24.6 Å². The third kappa shape index (κ3) is 6.31. The zero-order valence-corrected chi connectivity index (χ0v) is 19.6. The molecule has 0 aliphatic carbocycles. The van der Waals surface area contributed by atoms with Crippen LogP contribution in [0, 0.1) is 22.0 Å². The lowest BCUT2D eigenvalue weighted by Crippen LogP contribution is -1.97. The highest BCUT2D eigenvalue weighted by Gasteiger charge is 2.17. The topological polar surface area (TPSA) is 86.7 Å². The molecule has 2 heterocycles. The predicted molar refractivity (Wildman–Crippen MR) is 128 cm³/mol. The molecule has 0 radical (unpaired) electrons. The largest absolute Gasteiger partial charge is 0.305 e. The molecule has 2 aromatic heterocycles. The van der Waals surface area contributed by atoms with Crippen LogP contribution in [-0.4, -0.2) is 24.7 Å². The molecule has 3 aromatic rings. The van der Waals surface area contributed by atoms with Gasteiger partial charge in [-0.15, -0.1) is 10.2 Å². The number of pyridine rings is 1. The molecule has 0 saturated carbocycles. The fourth-order valence-electron chi connectivity index (χ4n) is 3.10. The molecule has 0 amide bonds. The first kappa shape index (κ1) is 23.8. The Morgan fingerprint density at radius 2 is 2.03 bits per heavy atom. The number of halogens is 1. The van der Waals surface area contributed by atoms with Gasteiger partial charge >= 0.3 is 0 Å². The number of nitro benzene ring substituents is 1. The van der Waals surface area contributed by atoms with Crippen molar-refractivity contribution in [2.24, 2.45) is 7.05 Å². The van der Waals surface area contributed by atoms with E-state index in [0.29, 0.717) is 27.3 Å². The van der Waals surface area contributed by atoms with Gasteiger partial charge in [0, 0.05) is 59.4 Å². The lowest BCUT2D eigenvalue weighted by atomic mass is 10.1. The summed E-state index contributed by atoms with van der Waals surface area (Å²) in [7, 11) is 1.86. The van der Waals surface area contributed by atoms with Gasteiger partial charge in [-0.1, -0.05) is 61.4 Å². The molecular formula is C23H24ClN5O2S. The van der Waals surface area contributed by atoms with Crippen LogP contribution in [0.5, 0.6) is 0 Å². The summed E-state index contributed by atoms with van der Waals surface area (Å²) in [6.45, 7) is 2.20. The highest BCUT2D eigenvalue weighted by Crippen LogP contribution is 2.30.